The van der Waals surface area contributed by atoms with E-state index in [0.717, 1.165) is 0 Å². The lowest BCUT2D eigenvalue weighted by Crippen LogP contribution is -2.19. The number of carbonyl (C=O) groups is 1. The lowest BCUT2D eigenvalue weighted by atomic mass is 10.1. The Kier molecular flexibility index (Phi) is 4.77. The molecule has 0 heterocycles. The van der Waals surface area contributed by atoms with Crippen LogP contribution in [-0.2, 0) is 0 Å². The van der Waals surface area contributed by atoms with Gasteiger partial charge in [-0.1, -0.05) is 47.6 Å². The van der Waals surface area contributed by atoms with E-state index in [0.29, 0.717) is 0 Å². The van der Waals surface area contributed by atoms with Gasteiger partial charge in [0.15, 0.2) is 0 Å². The van der Waals surface area contributed by atoms with Crippen LogP contribution in [0.1, 0.15) is 15.9 Å². The van der Waals surface area contributed by atoms with Crippen LogP contribution in [-0.4, -0.2) is 10.9 Å². The second-order valence-corrected chi connectivity index (χ2v) is 5.33. The van der Waals surface area contributed by atoms with Crippen molar-refractivity contribution in [1.82, 2.24) is 0 Å². The van der Waals surface area contributed by atoms with E-state index < -0.39 is 11.7 Å². The molecule has 0 spiro atoms. The maximum Gasteiger partial charge on any atom is 0.258 e. The first-order valence-electron chi connectivity index (χ1n) is 5.75. The normalized spacial score (nSPS) is 10.2. The Balaban J connectivity index is 2.42. The largest absolute Gasteiger partial charge is 0.389 e. The maximum absolute atomic E-state index is 13.7. The summed E-state index contributed by atoms with van der Waals surface area (Å²) < 4.78 is 13.7. The van der Waals surface area contributed by atoms with Gasteiger partial charge in [-0.25, -0.2) is 4.39 Å². The van der Waals surface area contributed by atoms with E-state index in [4.69, 9.17) is 41.2 Å². The van der Waals surface area contributed by atoms with Gasteiger partial charge in [-0.2, -0.15) is 0 Å². The van der Waals surface area contributed by atoms with Crippen molar-refractivity contribution in [3.8, 4) is 0 Å². The molecule has 1 amide bonds. The highest BCUT2D eigenvalue weighted by molar-refractivity contribution is 7.80. The molecule has 0 aliphatic carbocycles. The van der Waals surface area contributed by atoms with Crippen LogP contribution in [0.15, 0.2) is 36.4 Å². The first-order valence-corrected chi connectivity index (χ1v) is 6.92. The summed E-state index contributed by atoms with van der Waals surface area (Å²) in [5, 5.41) is 2.89. The van der Waals surface area contributed by atoms with Gasteiger partial charge in [0.05, 0.1) is 26.9 Å². The van der Waals surface area contributed by atoms with Crippen LogP contribution in [0.3, 0.4) is 0 Å². The van der Waals surface area contributed by atoms with E-state index in [2.05, 4.69) is 5.32 Å². The van der Waals surface area contributed by atoms with E-state index >= 15 is 0 Å². The first-order chi connectivity index (χ1) is 9.91. The van der Waals surface area contributed by atoms with Crippen LogP contribution in [0.5, 0.6) is 0 Å². The number of benzene rings is 2. The van der Waals surface area contributed by atoms with E-state index in [1.165, 1.54) is 30.3 Å². The Hall–Kier alpha value is -1.69. The fourth-order valence-corrected chi connectivity index (χ4v) is 2.55. The number of amides is 1. The molecule has 0 bridgehead atoms. The van der Waals surface area contributed by atoms with Crippen molar-refractivity contribution >= 4 is 52.0 Å². The van der Waals surface area contributed by atoms with Gasteiger partial charge in [-0.05, 0) is 24.3 Å². The molecule has 0 aliphatic rings. The summed E-state index contributed by atoms with van der Waals surface area (Å²) in [6.07, 6.45) is 0. The number of anilines is 1. The van der Waals surface area contributed by atoms with Crippen LogP contribution < -0.4 is 11.1 Å². The Bertz CT molecular complexity index is 717. The molecule has 3 N–H and O–H groups in total. The maximum atomic E-state index is 13.7. The molecular formula is C14H9Cl2FN2OS. The highest BCUT2D eigenvalue weighted by Crippen LogP contribution is 2.26. The fourth-order valence-electron chi connectivity index (χ4n) is 1.78. The van der Waals surface area contributed by atoms with Gasteiger partial charge >= 0.3 is 0 Å². The number of hydrogen-bond acceptors (Lipinski definition) is 2. The van der Waals surface area contributed by atoms with E-state index in [-0.39, 0.29) is 31.8 Å². The SMILES string of the molecule is NC(=S)c1c(F)cccc1NC(=O)c1c(Cl)cccc1Cl. The van der Waals surface area contributed by atoms with Gasteiger partial charge in [-0.15, -0.1) is 0 Å². The predicted molar refractivity (Wildman–Crippen MR) is 86.7 cm³/mol. The van der Waals surface area contributed by atoms with E-state index in [1.807, 2.05) is 0 Å². The average Bonchev–Trinajstić information content (AvgIpc) is 2.37. The summed E-state index contributed by atoms with van der Waals surface area (Å²) in [5.74, 6) is -1.20. The van der Waals surface area contributed by atoms with Crippen molar-refractivity contribution in [3.05, 3.63) is 63.4 Å². The van der Waals surface area contributed by atoms with Crippen molar-refractivity contribution in [1.29, 1.82) is 0 Å². The van der Waals surface area contributed by atoms with E-state index in [1.54, 1.807) is 6.07 Å². The van der Waals surface area contributed by atoms with Crippen LogP contribution in [0, 0.1) is 5.82 Å². The minimum atomic E-state index is -0.620. The zero-order valence-corrected chi connectivity index (χ0v) is 12.8. The summed E-state index contributed by atoms with van der Waals surface area (Å²) in [5.41, 5.74) is 5.69. The number of nitrogens with two attached hydrogens (primary N) is 1. The Morgan fingerprint density at radius 3 is 2.24 bits per heavy atom. The number of rotatable bonds is 3. The lowest BCUT2D eigenvalue weighted by molar-refractivity contribution is 0.102. The van der Waals surface area contributed by atoms with Gasteiger partial charge < -0.3 is 11.1 Å². The highest BCUT2D eigenvalue weighted by Gasteiger charge is 2.18. The molecule has 0 atom stereocenters. The molecule has 0 radical (unpaired) electrons. The zero-order valence-electron chi connectivity index (χ0n) is 10.5. The van der Waals surface area contributed by atoms with Gasteiger partial charge in [0.25, 0.3) is 5.91 Å². The highest BCUT2D eigenvalue weighted by atomic mass is 35.5. The summed E-state index contributed by atoms with van der Waals surface area (Å²) in [6.45, 7) is 0. The lowest BCUT2D eigenvalue weighted by Gasteiger charge is -2.12. The summed E-state index contributed by atoms with van der Waals surface area (Å²) in [4.78, 5) is 12.1. The Morgan fingerprint density at radius 1 is 1.10 bits per heavy atom. The molecule has 0 aromatic heterocycles. The second-order valence-electron chi connectivity index (χ2n) is 4.08. The van der Waals surface area contributed by atoms with E-state index in [9.17, 15) is 9.18 Å². The molecule has 0 saturated heterocycles. The molecule has 21 heavy (non-hydrogen) atoms. The van der Waals surface area contributed by atoms with Gasteiger partial charge in [-0.3, -0.25) is 4.79 Å². The van der Waals surface area contributed by atoms with Crippen LogP contribution in [0.4, 0.5) is 10.1 Å². The van der Waals surface area contributed by atoms with Gasteiger partial charge in [0, 0.05) is 0 Å². The third-order valence-electron chi connectivity index (χ3n) is 2.70. The molecular weight excluding hydrogens is 334 g/mol. The Labute approximate surface area is 135 Å². The van der Waals surface area contributed by atoms with Crippen molar-refractivity contribution in [2.45, 2.75) is 0 Å². The van der Waals surface area contributed by atoms with Crippen LogP contribution in [0.25, 0.3) is 0 Å². The predicted octanol–water partition coefficient (Wildman–Crippen LogP) is 4.02. The summed E-state index contributed by atoms with van der Waals surface area (Å²) >= 11 is 16.7. The topological polar surface area (TPSA) is 55.1 Å². The van der Waals surface area contributed by atoms with Crippen molar-refractivity contribution in [3.63, 3.8) is 0 Å². The number of hydrogen-bond donors (Lipinski definition) is 2. The third kappa shape index (κ3) is 3.32. The van der Waals surface area contributed by atoms with Crippen LogP contribution in [0.2, 0.25) is 10.0 Å². The van der Waals surface area contributed by atoms with Crippen molar-refractivity contribution in [2.24, 2.45) is 5.73 Å². The molecule has 7 heteroatoms. The molecule has 3 nitrogen and oxygen atoms in total. The smallest absolute Gasteiger partial charge is 0.258 e. The first kappa shape index (κ1) is 15.7. The summed E-state index contributed by atoms with van der Waals surface area (Å²) in [7, 11) is 0. The Morgan fingerprint density at radius 2 is 1.67 bits per heavy atom. The zero-order chi connectivity index (χ0) is 15.6. The standard InChI is InChI=1S/C14H9Cl2FN2OS/c15-7-3-1-4-8(16)11(7)14(20)19-10-6-2-5-9(17)12(10)13(18)21/h1-6H,(H2,18,21)(H,19,20). The van der Waals surface area contributed by atoms with Gasteiger partial charge in [0.2, 0.25) is 0 Å². The van der Waals surface area contributed by atoms with Gasteiger partial charge in [0.1, 0.15) is 10.8 Å². The van der Waals surface area contributed by atoms with Crippen molar-refractivity contribution < 1.29 is 9.18 Å². The monoisotopic (exact) mass is 342 g/mol. The molecule has 2 aromatic carbocycles. The number of halogens is 3. The molecule has 2 aromatic rings. The van der Waals surface area contributed by atoms with Crippen molar-refractivity contribution in [2.75, 3.05) is 5.32 Å². The molecule has 0 unspecified atom stereocenters. The van der Waals surface area contributed by atoms with Crippen LogP contribution >= 0.6 is 35.4 Å². The average molecular weight is 343 g/mol. The minimum absolute atomic E-state index is 0.0379. The molecule has 0 fully saturated rings. The molecule has 0 saturated carbocycles. The number of nitrogens with one attached hydrogen (secondary N) is 1. The minimum Gasteiger partial charge on any atom is -0.389 e. The number of carbonyl (C=O) groups excluding carboxylic acids is 1. The third-order valence-corrected chi connectivity index (χ3v) is 3.53. The quantitative estimate of drug-likeness (QED) is 0.828. The molecule has 2 rings (SSSR count). The summed E-state index contributed by atoms with van der Waals surface area (Å²) in [6, 6.07) is 8.79. The molecule has 0 aliphatic heterocycles. The fraction of sp³-hybridized carbons (Fsp3) is 0. The molecule has 108 valence electrons. The second kappa shape index (κ2) is 6.39. The number of thiocarbonyl (C=S) groups is 1.